The summed E-state index contributed by atoms with van der Waals surface area (Å²) >= 11 is 0. The molecule has 0 aliphatic heterocycles. The van der Waals surface area contributed by atoms with Crippen molar-refractivity contribution in [3.63, 3.8) is 0 Å². The molecule has 0 saturated carbocycles. The molecule has 0 radical (unpaired) electrons. The molecule has 8 heteroatoms. The third kappa shape index (κ3) is 3.04. The summed E-state index contributed by atoms with van der Waals surface area (Å²) < 4.78 is 25.5. The number of carbonyl (C=O) groups excluding carboxylic acids is 1. The third-order valence-electron chi connectivity index (χ3n) is 3.89. The molecular formula is C17H23FN4O3. The highest BCUT2D eigenvalue weighted by Gasteiger charge is 2.30. The maximum atomic E-state index is 15.1. The van der Waals surface area contributed by atoms with Crippen LogP contribution in [0.1, 0.15) is 33.5 Å². The smallest absolute Gasteiger partial charge is 0.223 e. The summed E-state index contributed by atoms with van der Waals surface area (Å²) in [6, 6.07) is 0. The van der Waals surface area contributed by atoms with E-state index in [1.807, 2.05) is 20.8 Å². The molecule has 1 heterocycles. The van der Waals surface area contributed by atoms with Gasteiger partial charge in [-0.05, 0) is 0 Å². The first-order chi connectivity index (χ1) is 11.5. The number of nitrogens with zero attached hydrogens (tertiary/aromatic N) is 3. The summed E-state index contributed by atoms with van der Waals surface area (Å²) in [5.41, 5.74) is 5.94. The number of carbonyl (C=O) groups is 1. The number of anilines is 2. The molecule has 0 bridgehead atoms. The minimum Gasteiger partial charge on any atom is -0.491 e. The molecule has 0 unspecified atom stereocenters. The van der Waals surface area contributed by atoms with Gasteiger partial charge in [-0.3, -0.25) is 4.79 Å². The molecule has 7 nitrogen and oxygen atoms in total. The normalized spacial score (nSPS) is 11.5. The van der Waals surface area contributed by atoms with Crippen LogP contribution in [-0.4, -0.2) is 37.1 Å². The van der Waals surface area contributed by atoms with E-state index in [9.17, 15) is 4.79 Å². The van der Waals surface area contributed by atoms with Crippen LogP contribution >= 0.6 is 0 Å². The quantitative estimate of drug-likeness (QED) is 0.915. The number of halogens is 1. The summed E-state index contributed by atoms with van der Waals surface area (Å²) in [5.74, 6) is -0.625. The van der Waals surface area contributed by atoms with Crippen molar-refractivity contribution in [3.8, 4) is 11.5 Å². The number of fused-ring (bicyclic) bond motifs is 1. The Labute approximate surface area is 145 Å². The highest BCUT2D eigenvalue weighted by atomic mass is 19.1. The molecule has 1 aromatic carbocycles. The topological polar surface area (TPSA) is 90.6 Å². The van der Waals surface area contributed by atoms with Crippen molar-refractivity contribution >= 4 is 28.3 Å². The Hall–Kier alpha value is -2.64. The molecular weight excluding hydrogens is 327 g/mol. The van der Waals surface area contributed by atoms with E-state index in [-0.39, 0.29) is 39.8 Å². The zero-order valence-corrected chi connectivity index (χ0v) is 15.5. The number of nitrogen functional groups attached to an aromatic ring is 1. The fraction of sp³-hybridized carbons (Fsp3) is 0.471. The number of hydrogen-bond donors (Lipinski definition) is 1. The molecule has 0 saturated heterocycles. The SMILES string of the molecule is COc1c(OC)c(N(C)C(C)=O)c2c(N)nc(C(C)(C)C)nc2c1F. The van der Waals surface area contributed by atoms with Gasteiger partial charge >= 0.3 is 0 Å². The van der Waals surface area contributed by atoms with Crippen molar-refractivity contribution in [1.82, 2.24) is 9.97 Å². The Morgan fingerprint density at radius 3 is 2.16 bits per heavy atom. The maximum absolute atomic E-state index is 15.1. The van der Waals surface area contributed by atoms with Gasteiger partial charge in [0, 0.05) is 19.4 Å². The summed E-state index contributed by atoms with van der Waals surface area (Å²) in [4.78, 5) is 21.9. The second-order valence-corrected chi connectivity index (χ2v) is 6.71. The fourth-order valence-electron chi connectivity index (χ4n) is 2.48. The summed E-state index contributed by atoms with van der Waals surface area (Å²) in [5, 5.41) is 0.209. The van der Waals surface area contributed by atoms with Crippen molar-refractivity contribution in [2.24, 2.45) is 0 Å². The second kappa shape index (κ2) is 6.34. The molecule has 2 N–H and O–H groups in total. The van der Waals surface area contributed by atoms with E-state index in [1.54, 1.807) is 0 Å². The van der Waals surface area contributed by atoms with Crippen molar-refractivity contribution in [1.29, 1.82) is 0 Å². The van der Waals surface area contributed by atoms with Gasteiger partial charge in [0.1, 0.15) is 22.8 Å². The average Bonchev–Trinajstić information content (AvgIpc) is 2.53. The lowest BCUT2D eigenvalue weighted by atomic mass is 9.95. The summed E-state index contributed by atoms with van der Waals surface area (Å²) in [7, 11) is 4.22. The van der Waals surface area contributed by atoms with Crippen LogP contribution in [0.3, 0.4) is 0 Å². The molecule has 1 aromatic heterocycles. The number of benzene rings is 1. The number of ether oxygens (including phenoxy) is 2. The van der Waals surface area contributed by atoms with Crippen molar-refractivity contribution in [3.05, 3.63) is 11.6 Å². The Bertz CT molecular complexity index is 846. The first-order valence-corrected chi connectivity index (χ1v) is 7.70. The standard InChI is InChI=1S/C17H23FN4O3/c1-8(23)22(5)12-9-11(10(18)13(24-6)14(12)25-7)20-16(17(2,3)4)21-15(9)19/h1-7H3,(H2,19,20,21). The van der Waals surface area contributed by atoms with Gasteiger partial charge in [-0.2, -0.15) is 0 Å². The third-order valence-corrected chi connectivity index (χ3v) is 3.89. The van der Waals surface area contributed by atoms with Gasteiger partial charge in [-0.1, -0.05) is 20.8 Å². The number of nitrogens with two attached hydrogens (primary N) is 1. The number of methoxy groups -OCH3 is 2. The van der Waals surface area contributed by atoms with E-state index < -0.39 is 11.2 Å². The van der Waals surface area contributed by atoms with Gasteiger partial charge in [0.05, 0.1) is 19.6 Å². The van der Waals surface area contributed by atoms with Gasteiger partial charge in [-0.15, -0.1) is 0 Å². The molecule has 2 rings (SSSR count). The predicted octanol–water partition coefficient (Wildman–Crippen LogP) is 2.65. The minimum absolute atomic E-state index is 0.0156. The van der Waals surface area contributed by atoms with E-state index in [2.05, 4.69) is 9.97 Å². The molecule has 136 valence electrons. The molecule has 0 aliphatic carbocycles. The number of hydrogen-bond acceptors (Lipinski definition) is 6. The van der Waals surface area contributed by atoms with Crippen LogP contribution in [0.25, 0.3) is 10.9 Å². The molecule has 0 fully saturated rings. The van der Waals surface area contributed by atoms with Gasteiger partial charge < -0.3 is 20.1 Å². The van der Waals surface area contributed by atoms with Crippen LogP contribution in [-0.2, 0) is 10.2 Å². The van der Waals surface area contributed by atoms with E-state index in [0.29, 0.717) is 5.82 Å². The first kappa shape index (κ1) is 18.7. The van der Waals surface area contributed by atoms with Crippen LogP contribution in [0.15, 0.2) is 0 Å². The van der Waals surface area contributed by atoms with Gasteiger partial charge in [0.25, 0.3) is 0 Å². The maximum Gasteiger partial charge on any atom is 0.223 e. The van der Waals surface area contributed by atoms with Gasteiger partial charge in [0.15, 0.2) is 11.6 Å². The Morgan fingerprint density at radius 1 is 1.16 bits per heavy atom. The van der Waals surface area contributed by atoms with Crippen LogP contribution < -0.4 is 20.1 Å². The highest BCUT2D eigenvalue weighted by molar-refractivity contribution is 6.09. The minimum atomic E-state index is -0.713. The highest BCUT2D eigenvalue weighted by Crippen LogP contribution is 2.47. The average molecular weight is 350 g/mol. The van der Waals surface area contributed by atoms with E-state index in [4.69, 9.17) is 15.2 Å². The lowest BCUT2D eigenvalue weighted by Gasteiger charge is -2.24. The number of aromatic nitrogens is 2. The van der Waals surface area contributed by atoms with E-state index in [0.717, 1.165) is 0 Å². The number of amides is 1. The molecule has 1 amide bonds. The van der Waals surface area contributed by atoms with Crippen molar-refractivity contribution in [2.75, 3.05) is 31.9 Å². The van der Waals surface area contributed by atoms with Crippen molar-refractivity contribution < 1.29 is 18.7 Å². The van der Waals surface area contributed by atoms with Gasteiger partial charge in [0.2, 0.25) is 11.7 Å². The van der Waals surface area contributed by atoms with Crippen LogP contribution in [0.4, 0.5) is 15.9 Å². The molecule has 0 aliphatic rings. The molecule has 0 spiro atoms. The monoisotopic (exact) mass is 350 g/mol. The zero-order chi connectivity index (χ0) is 19.1. The van der Waals surface area contributed by atoms with Crippen molar-refractivity contribution in [2.45, 2.75) is 33.1 Å². The number of rotatable bonds is 3. The summed E-state index contributed by atoms with van der Waals surface area (Å²) in [6.45, 7) is 7.07. The van der Waals surface area contributed by atoms with Crippen LogP contribution in [0, 0.1) is 5.82 Å². The fourth-order valence-corrected chi connectivity index (χ4v) is 2.48. The molecule has 2 aromatic rings. The Balaban J connectivity index is 3.07. The largest absolute Gasteiger partial charge is 0.491 e. The van der Waals surface area contributed by atoms with E-state index >= 15 is 4.39 Å². The predicted molar refractivity (Wildman–Crippen MR) is 94.8 cm³/mol. The summed E-state index contributed by atoms with van der Waals surface area (Å²) in [6.07, 6.45) is 0. The van der Waals surface area contributed by atoms with Crippen LogP contribution in [0.2, 0.25) is 0 Å². The zero-order valence-electron chi connectivity index (χ0n) is 15.5. The Morgan fingerprint density at radius 2 is 1.72 bits per heavy atom. The second-order valence-electron chi connectivity index (χ2n) is 6.71. The van der Waals surface area contributed by atoms with Gasteiger partial charge in [-0.25, -0.2) is 14.4 Å². The lowest BCUT2D eigenvalue weighted by molar-refractivity contribution is -0.116. The lowest BCUT2D eigenvalue weighted by Crippen LogP contribution is -2.25. The molecule has 25 heavy (non-hydrogen) atoms. The Kier molecular flexibility index (Phi) is 4.74. The molecule has 0 atom stereocenters. The van der Waals surface area contributed by atoms with Crippen LogP contribution in [0.5, 0.6) is 11.5 Å². The first-order valence-electron chi connectivity index (χ1n) is 7.70. The van der Waals surface area contributed by atoms with E-state index in [1.165, 1.54) is 33.1 Å².